The quantitative estimate of drug-likeness (QED) is 0.427. The lowest BCUT2D eigenvalue weighted by molar-refractivity contribution is 0.102. The highest BCUT2D eigenvalue weighted by atomic mass is 35.5. The van der Waals surface area contributed by atoms with Gasteiger partial charge in [-0.05, 0) is 49.2 Å². The van der Waals surface area contributed by atoms with E-state index in [1.54, 1.807) is 23.1 Å². The van der Waals surface area contributed by atoms with Gasteiger partial charge in [0.15, 0.2) is 0 Å². The number of benzene rings is 2. The number of nitrogens with one attached hydrogen (secondary N) is 1. The molecule has 0 unspecified atom stereocenters. The molecule has 2 aromatic heterocycles. The molecule has 0 bridgehead atoms. The smallest absolute Gasteiger partial charge is 0.255 e. The summed E-state index contributed by atoms with van der Waals surface area (Å²) in [5, 5.41) is 13.0. The van der Waals surface area contributed by atoms with Crippen LogP contribution in [0.1, 0.15) is 32.9 Å². The van der Waals surface area contributed by atoms with Crippen LogP contribution in [0.3, 0.4) is 0 Å². The summed E-state index contributed by atoms with van der Waals surface area (Å²) < 4.78 is 3.61. The number of hydrogen-bond donors (Lipinski definition) is 1. The molecule has 1 amide bonds. The van der Waals surface area contributed by atoms with Crippen LogP contribution >= 0.6 is 23.2 Å². The summed E-state index contributed by atoms with van der Waals surface area (Å²) in [6.07, 6.45) is 3.43. The Morgan fingerprint density at radius 3 is 2.52 bits per heavy atom. The van der Waals surface area contributed by atoms with Crippen LogP contribution < -0.4 is 5.32 Å². The first-order valence-electron chi connectivity index (χ1n) is 9.76. The number of aryl methyl sites for hydroxylation is 1. The van der Waals surface area contributed by atoms with Crippen LogP contribution in [0.4, 0.5) is 5.69 Å². The number of nitrogens with zero attached hydrogens (tertiary/aromatic N) is 4. The Morgan fingerprint density at radius 1 is 1.03 bits per heavy atom. The fourth-order valence-corrected chi connectivity index (χ4v) is 3.57. The molecule has 0 aliphatic carbocycles. The van der Waals surface area contributed by atoms with Gasteiger partial charge in [-0.2, -0.15) is 10.2 Å². The van der Waals surface area contributed by atoms with E-state index in [1.165, 1.54) is 0 Å². The van der Waals surface area contributed by atoms with Gasteiger partial charge in [0.2, 0.25) is 0 Å². The van der Waals surface area contributed by atoms with E-state index in [9.17, 15) is 4.79 Å². The van der Waals surface area contributed by atoms with E-state index < -0.39 is 0 Å². The van der Waals surface area contributed by atoms with Crippen LogP contribution in [0.25, 0.3) is 0 Å². The third kappa shape index (κ3) is 4.98. The molecule has 4 aromatic rings. The van der Waals surface area contributed by atoms with E-state index in [2.05, 4.69) is 15.5 Å². The van der Waals surface area contributed by atoms with E-state index in [4.69, 9.17) is 23.2 Å². The summed E-state index contributed by atoms with van der Waals surface area (Å²) in [6, 6.07) is 15.1. The summed E-state index contributed by atoms with van der Waals surface area (Å²) in [4.78, 5) is 12.7. The number of carbonyl (C=O) groups excluding carboxylic acids is 1. The Morgan fingerprint density at radius 2 is 1.81 bits per heavy atom. The van der Waals surface area contributed by atoms with Gasteiger partial charge in [0.25, 0.3) is 5.91 Å². The Bertz CT molecular complexity index is 1230. The maximum absolute atomic E-state index is 12.7. The second kappa shape index (κ2) is 8.96. The molecule has 0 spiro atoms. The molecule has 31 heavy (non-hydrogen) atoms. The molecule has 8 heteroatoms. The van der Waals surface area contributed by atoms with E-state index in [0.717, 1.165) is 22.5 Å². The average Bonchev–Trinajstić information content (AvgIpc) is 3.29. The molecule has 4 rings (SSSR count). The fourth-order valence-electron chi connectivity index (χ4n) is 3.31. The molecule has 0 saturated heterocycles. The fraction of sp³-hybridized carbons (Fsp3) is 0.174. The van der Waals surface area contributed by atoms with Crippen molar-refractivity contribution in [2.45, 2.75) is 26.9 Å². The van der Waals surface area contributed by atoms with Crippen LogP contribution in [0.5, 0.6) is 0 Å². The minimum atomic E-state index is -0.195. The molecule has 2 aromatic carbocycles. The molecule has 0 aliphatic rings. The topological polar surface area (TPSA) is 64.7 Å². The minimum Gasteiger partial charge on any atom is -0.319 e. The Kier molecular flexibility index (Phi) is 6.11. The highest BCUT2D eigenvalue weighted by molar-refractivity contribution is 6.31. The SMILES string of the molecule is Cc1nn(Cc2cccc(C(=O)Nc3cnn(Cc4ccc(Cl)cc4)c3)c2)c(C)c1Cl. The number of anilines is 1. The number of carbonyl (C=O) groups is 1. The first-order chi connectivity index (χ1) is 14.9. The van der Waals surface area contributed by atoms with Gasteiger partial charge >= 0.3 is 0 Å². The maximum atomic E-state index is 12.7. The minimum absolute atomic E-state index is 0.195. The normalized spacial score (nSPS) is 11.0. The van der Waals surface area contributed by atoms with Gasteiger partial charge in [0.1, 0.15) is 0 Å². The molecule has 1 N–H and O–H groups in total. The summed E-state index contributed by atoms with van der Waals surface area (Å²) >= 11 is 12.2. The molecule has 0 radical (unpaired) electrons. The molecule has 0 aliphatic heterocycles. The molecule has 158 valence electrons. The van der Waals surface area contributed by atoms with Crippen molar-refractivity contribution in [2.24, 2.45) is 0 Å². The third-order valence-corrected chi connectivity index (χ3v) is 5.76. The highest BCUT2D eigenvalue weighted by Gasteiger charge is 2.12. The van der Waals surface area contributed by atoms with Gasteiger partial charge in [-0.3, -0.25) is 14.2 Å². The first-order valence-corrected chi connectivity index (χ1v) is 10.5. The van der Waals surface area contributed by atoms with Crippen molar-refractivity contribution in [1.29, 1.82) is 0 Å². The summed E-state index contributed by atoms with van der Waals surface area (Å²) in [6.45, 7) is 4.94. The zero-order valence-electron chi connectivity index (χ0n) is 17.1. The van der Waals surface area contributed by atoms with Gasteiger partial charge in [-0.1, -0.05) is 47.5 Å². The van der Waals surface area contributed by atoms with Crippen LogP contribution in [0.2, 0.25) is 10.0 Å². The number of amides is 1. The first kappa shape index (κ1) is 21.2. The van der Waals surface area contributed by atoms with Crippen molar-refractivity contribution in [1.82, 2.24) is 19.6 Å². The second-order valence-corrected chi connectivity index (χ2v) is 8.16. The van der Waals surface area contributed by atoms with E-state index in [1.807, 2.05) is 61.0 Å². The van der Waals surface area contributed by atoms with Gasteiger partial charge in [-0.15, -0.1) is 0 Å². The highest BCUT2D eigenvalue weighted by Crippen LogP contribution is 2.20. The maximum Gasteiger partial charge on any atom is 0.255 e. The number of aromatic nitrogens is 4. The van der Waals surface area contributed by atoms with Crippen molar-refractivity contribution in [3.63, 3.8) is 0 Å². The van der Waals surface area contributed by atoms with Crippen LogP contribution in [-0.2, 0) is 13.1 Å². The Labute approximate surface area is 190 Å². The largest absolute Gasteiger partial charge is 0.319 e. The molecule has 6 nitrogen and oxygen atoms in total. The van der Waals surface area contributed by atoms with Gasteiger partial charge < -0.3 is 5.32 Å². The molecule has 0 saturated carbocycles. The zero-order chi connectivity index (χ0) is 22.0. The lowest BCUT2D eigenvalue weighted by atomic mass is 10.1. The predicted octanol–water partition coefficient (Wildman–Crippen LogP) is 5.35. The monoisotopic (exact) mass is 453 g/mol. The van der Waals surface area contributed by atoms with Gasteiger partial charge in [0.05, 0.1) is 41.4 Å². The van der Waals surface area contributed by atoms with Crippen LogP contribution in [0, 0.1) is 13.8 Å². The molecular weight excluding hydrogens is 433 g/mol. The van der Waals surface area contributed by atoms with Gasteiger partial charge in [-0.25, -0.2) is 0 Å². The van der Waals surface area contributed by atoms with Crippen molar-refractivity contribution in [2.75, 3.05) is 5.32 Å². The predicted molar refractivity (Wildman–Crippen MR) is 123 cm³/mol. The van der Waals surface area contributed by atoms with Crippen molar-refractivity contribution in [3.05, 3.63) is 99.0 Å². The lowest BCUT2D eigenvalue weighted by Gasteiger charge is -2.08. The molecular formula is C23H21Cl2N5O. The summed E-state index contributed by atoms with van der Waals surface area (Å²) in [7, 11) is 0. The molecule has 0 atom stereocenters. The van der Waals surface area contributed by atoms with Crippen LogP contribution in [-0.4, -0.2) is 25.5 Å². The summed E-state index contributed by atoms with van der Waals surface area (Å²) in [5.74, 6) is -0.195. The van der Waals surface area contributed by atoms with Crippen molar-refractivity contribution in [3.8, 4) is 0 Å². The number of hydrogen-bond acceptors (Lipinski definition) is 3. The zero-order valence-corrected chi connectivity index (χ0v) is 18.7. The summed E-state index contributed by atoms with van der Waals surface area (Å²) in [5.41, 5.74) is 4.94. The number of rotatable bonds is 6. The van der Waals surface area contributed by atoms with Crippen LogP contribution in [0.15, 0.2) is 60.9 Å². The Hall–Kier alpha value is -3.09. The van der Waals surface area contributed by atoms with Crippen molar-refractivity contribution >= 4 is 34.8 Å². The van der Waals surface area contributed by atoms with E-state index in [0.29, 0.717) is 34.4 Å². The lowest BCUT2D eigenvalue weighted by Crippen LogP contribution is -2.12. The van der Waals surface area contributed by atoms with Gasteiger partial charge in [0, 0.05) is 16.8 Å². The standard InChI is InChI=1S/C23H21Cl2N5O/c1-15-22(25)16(2)30(28-15)13-18-4-3-5-19(10-18)23(31)27-21-11-26-29(14-21)12-17-6-8-20(24)9-7-17/h3-11,14H,12-13H2,1-2H3,(H,27,31). The van der Waals surface area contributed by atoms with E-state index in [-0.39, 0.29) is 5.91 Å². The Balaban J connectivity index is 1.43. The second-order valence-electron chi connectivity index (χ2n) is 7.35. The molecule has 0 fully saturated rings. The third-order valence-electron chi connectivity index (χ3n) is 4.96. The van der Waals surface area contributed by atoms with E-state index >= 15 is 0 Å². The van der Waals surface area contributed by atoms with Crippen molar-refractivity contribution < 1.29 is 4.79 Å². The average molecular weight is 454 g/mol. The number of halogens is 2. The molecule has 2 heterocycles.